The van der Waals surface area contributed by atoms with Crippen LogP contribution in [0.3, 0.4) is 0 Å². The van der Waals surface area contributed by atoms with Crippen LogP contribution in [0.25, 0.3) is 0 Å². The Morgan fingerprint density at radius 1 is 1.12 bits per heavy atom. The number of amides is 2. The Morgan fingerprint density at radius 3 is 2.47 bits per heavy atom. The van der Waals surface area contributed by atoms with Crippen molar-refractivity contribution in [3.8, 4) is 0 Å². The normalized spacial score (nSPS) is 11.8. The van der Waals surface area contributed by atoms with E-state index in [2.05, 4.69) is 27.4 Å². The Labute approximate surface area is 212 Å². The number of aromatic nitrogens is 3. The van der Waals surface area contributed by atoms with Crippen LogP contribution in [0.2, 0.25) is 10.0 Å². The minimum absolute atomic E-state index is 0.0188. The summed E-state index contributed by atoms with van der Waals surface area (Å²) >= 11 is 13.3. The standard InChI is InChI=1S/C24H25Cl2N5O2S/c1-4-13-31-22(21(15(2)3)28-23(33)18-7-5-6-8-19(18)26)29-30-24(31)34-14-20(32)27-17-11-9-16(25)10-12-17/h4-12,15,21H,1,13-14H2,2-3H3,(H,27,32)(H,28,33)/t21-/m0/s1. The first-order valence-electron chi connectivity index (χ1n) is 10.6. The Kier molecular flexibility index (Phi) is 9.15. The zero-order valence-electron chi connectivity index (χ0n) is 18.8. The molecule has 0 saturated heterocycles. The third-order valence-electron chi connectivity index (χ3n) is 4.87. The van der Waals surface area contributed by atoms with Crippen LogP contribution in [0, 0.1) is 5.92 Å². The number of anilines is 1. The second-order valence-electron chi connectivity index (χ2n) is 7.76. The lowest BCUT2D eigenvalue weighted by atomic mass is 10.0. The van der Waals surface area contributed by atoms with Gasteiger partial charge in [-0.25, -0.2) is 0 Å². The summed E-state index contributed by atoms with van der Waals surface area (Å²) in [5, 5.41) is 16.0. The lowest BCUT2D eigenvalue weighted by molar-refractivity contribution is -0.113. The number of nitrogens with zero attached hydrogens (tertiary/aromatic N) is 3. The van der Waals surface area contributed by atoms with Gasteiger partial charge in [0, 0.05) is 17.3 Å². The molecule has 2 N–H and O–H groups in total. The quantitative estimate of drug-likeness (QED) is 0.268. The van der Waals surface area contributed by atoms with E-state index in [1.54, 1.807) is 54.6 Å². The van der Waals surface area contributed by atoms with E-state index in [1.165, 1.54) is 11.8 Å². The van der Waals surface area contributed by atoms with E-state index in [4.69, 9.17) is 23.2 Å². The van der Waals surface area contributed by atoms with Crippen molar-refractivity contribution >= 4 is 52.5 Å². The maximum atomic E-state index is 12.9. The van der Waals surface area contributed by atoms with Gasteiger partial charge >= 0.3 is 0 Å². The molecule has 0 fully saturated rings. The lowest BCUT2D eigenvalue weighted by Gasteiger charge is -2.23. The van der Waals surface area contributed by atoms with Gasteiger partial charge in [0.25, 0.3) is 5.91 Å². The molecule has 10 heteroatoms. The minimum Gasteiger partial charge on any atom is -0.342 e. The fraction of sp³-hybridized carbons (Fsp3) is 0.250. The molecule has 0 aliphatic rings. The van der Waals surface area contributed by atoms with Crippen molar-refractivity contribution in [1.82, 2.24) is 20.1 Å². The van der Waals surface area contributed by atoms with Crippen molar-refractivity contribution < 1.29 is 9.59 Å². The molecule has 1 aromatic heterocycles. The monoisotopic (exact) mass is 517 g/mol. The molecule has 2 amide bonds. The van der Waals surface area contributed by atoms with Gasteiger partial charge in [0.2, 0.25) is 5.91 Å². The van der Waals surface area contributed by atoms with Crippen LogP contribution in [0.4, 0.5) is 5.69 Å². The minimum atomic E-state index is -0.423. The molecule has 3 rings (SSSR count). The first-order chi connectivity index (χ1) is 16.3. The summed E-state index contributed by atoms with van der Waals surface area (Å²) in [4.78, 5) is 25.3. The second kappa shape index (κ2) is 12.1. The number of carbonyl (C=O) groups excluding carboxylic acids is 2. The molecule has 0 radical (unpaired) electrons. The Hall–Kier alpha value is -2.81. The molecule has 0 unspecified atom stereocenters. The van der Waals surface area contributed by atoms with E-state index in [0.29, 0.717) is 38.8 Å². The van der Waals surface area contributed by atoms with Crippen molar-refractivity contribution in [2.75, 3.05) is 11.1 Å². The molecule has 1 atom stereocenters. The number of thioether (sulfide) groups is 1. The van der Waals surface area contributed by atoms with Gasteiger partial charge in [-0.05, 0) is 42.3 Å². The van der Waals surface area contributed by atoms with E-state index in [1.807, 2.05) is 18.4 Å². The smallest absolute Gasteiger partial charge is 0.253 e. The van der Waals surface area contributed by atoms with Gasteiger partial charge in [-0.3, -0.25) is 9.59 Å². The molecule has 178 valence electrons. The molecule has 0 bridgehead atoms. The molecule has 0 spiro atoms. The summed E-state index contributed by atoms with van der Waals surface area (Å²) in [6.45, 7) is 8.21. The summed E-state index contributed by atoms with van der Waals surface area (Å²) in [6.07, 6.45) is 1.72. The number of carbonyl (C=O) groups is 2. The topological polar surface area (TPSA) is 88.9 Å². The summed E-state index contributed by atoms with van der Waals surface area (Å²) in [5.74, 6) is 0.251. The van der Waals surface area contributed by atoms with Gasteiger partial charge in [0.05, 0.1) is 22.4 Å². The highest BCUT2D eigenvalue weighted by Gasteiger charge is 2.27. The van der Waals surface area contributed by atoms with Gasteiger partial charge < -0.3 is 15.2 Å². The summed E-state index contributed by atoms with van der Waals surface area (Å²) < 4.78 is 1.85. The highest BCUT2D eigenvalue weighted by Crippen LogP contribution is 2.26. The zero-order chi connectivity index (χ0) is 24.7. The predicted octanol–water partition coefficient (Wildman–Crippen LogP) is 5.63. The van der Waals surface area contributed by atoms with Crippen LogP contribution >= 0.6 is 35.0 Å². The fourth-order valence-corrected chi connectivity index (χ4v) is 4.29. The first-order valence-corrected chi connectivity index (χ1v) is 12.3. The molecule has 3 aromatic rings. The third-order valence-corrected chi connectivity index (χ3v) is 6.42. The second-order valence-corrected chi connectivity index (χ2v) is 9.54. The van der Waals surface area contributed by atoms with Crippen LogP contribution in [0.5, 0.6) is 0 Å². The van der Waals surface area contributed by atoms with Crippen molar-refractivity contribution in [2.24, 2.45) is 5.92 Å². The van der Waals surface area contributed by atoms with Gasteiger partial charge in [-0.15, -0.1) is 16.8 Å². The van der Waals surface area contributed by atoms with E-state index in [9.17, 15) is 9.59 Å². The number of halogens is 2. The van der Waals surface area contributed by atoms with Crippen LogP contribution < -0.4 is 10.6 Å². The molecule has 2 aromatic carbocycles. The Bertz CT molecular complexity index is 1160. The van der Waals surface area contributed by atoms with Crippen molar-refractivity contribution in [3.05, 3.63) is 82.6 Å². The van der Waals surface area contributed by atoms with E-state index >= 15 is 0 Å². The van der Waals surface area contributed by atoms with Crippen LogP contribution in [-0.4, -0.2) is 32.3 Å². The fourth-order valence-electron chi connectivity index (χ4n) is 3.19. The lowest BCUT2D eigenvalue weighted by Crippen LogP contribution is -2.34. The molecular weight excluding hydrogens is 493 g/mol. The first kappa shape index (κ1) is 25.8. The number of rotatable bonds is 10. The summed E-state index contributed by atoms with van der Waals surface area (Å²) in [6, 6.07) is 13.3. The van der Waals surface area contributed by atoms with Gasteiger partial charge in [0.1, 0.15) is 0 Å². The number of hydrogen-bond donors (Lipinski definition) is 2. The molecule has 34 heavy (non-hydrogen) atoms. The van der Waals surface area contributed by atoms with Crippen molar-refractivity contribution in [2.45, 2.75) is 31.6 Å². The zero-order valence-corrected chi connectivity index (χ0v) is 21.1. The Balaban J connectivity index is 1.75. The maximum Gasteiger partial charge on any atom is 0.253 e. The number of allylic oxidation sites excluding steroid dienone is 1. The molecule has 7 nitrogen and oxygen atoms in total. The van der Waals surface area contributed by atoms with E-state index in [0.717, 1.165) is 0 Å². The third kappa shape index (κ3) is 6.62. The largest absolute Gasteiger partial charge is 0.342 e. The average Bonchev–Trinajstić information content (AvgIpc) is 3.20. The molecule has 0 aliphatic carbocycles. The number of benzene rings is 2. The van der Waals surface area contributed by atoms with Crippen LogP contribution in [0.1, 0.15) is 36.1 Å². The Morgan fingerprint density at radius 2 is 1.82 bits per heavy atom. The average molecular weight is 518 g/mol. The molecular formula is C24H25Cl2N5O2S. The SMILES string of the molecule is C=CCn1c(SCC(=O)Nc2ccc(Cl)cc2)nnc1[C@@H](NC(=O)c1ccccc1Cl)C(C)C. The highest BCUT2D eigenvalue weighted by atomic mass is 35.5. The van der Waals surface area contributed by atoms with Gasteiger partial charge in [-0.2, -0.15) is 0 Å². The molecule has 1 heterocycles. The van der Waals surface area contributed by atoms with Gasteiger partial charge in [0.15, 0.2) is 11.0 Å². The predicted molar refractivity (Wildman–Crippen MR) is 138 cm³/mol. The molecule has 0 aliphatic heterocycles. The number of nitrogens with one attached hydrogen (secondary N) is 2. The van der Waals surface area contributed by atoms with Crippen molar-refractivity contribution in [3.63, 3.8) is 0 Å². The summed E-state index contributed by atoms with van der Waals surface area (Å²) in [7, 11) is 0. The van der Waals surface area contributed by atoms with E-state index < -0.39 is 6.04 Å². The highest BCUT2D eigenvalue weighted by molar-refractivity contribution is 7.99. The van der Waals surface area contributed by atoms with Crippen molar-refractivity contribution in [1.29, 1.82) is 0 Å². The van der Waals surface area contributed by atoms with E-state index in [-0.39, 0.29) is 23.5 Å². The van der Waals surface area contributed by atoms with Crippen LogP contribution in [0.15, 0.2) is 66.3 Å². The molecule has 0 saturated carbocycles. The summed E-state index contributed by atoms with van der Waals surface area (Å²) in [5.41, 5.74) is 1.04. The van der Waals surface area contributed by atoms with Crippen LogP contribution in [-0.2, 0) is 11.3 Å². The number of hydrogen-bond acceptors (Lipinski definition) is 5. The van der Waals surface area contributed by atoms with Gasteiger partial charge in [-0.1, -0.05) is 67.0 Å². The maximum absolute atomic E-state index is 12.9.